The molecule has 5 nitrogen and oxygen atoms in total. The molecule has 3 aliphatic rings. The van der Waals surface area contributed by atoms with Gasteiger partial charge in [0.2, 0.25) is 5.91 Å². The summed E-state index contributed by atoms with van der Waals surface area (Å²) in [4.78, 5) is 18.9. The van der Waals surface area contributed by atoms with Crippen LogP contribution in [0.3, 0.4) is 0 Å². The zero-order chi connectivity index (χ0) is 16.8. The smallest absolute Gasteiger partial charge is 0.222 e. The van der Waals surface area contributed by atoms with Crippen molar-refractivity contribution >= 4 is 35.8 Å². The number of aliphatic imine (C=N–C) groups is 1. The minimum atomic E-state index is 0. The molecular formula is C19H35IN4O. The van der Waals surface area contributed by atoms with E-state index < -0.39 is 0 Å². The highest BCUT2D eigenvalue weighted by Gasteiger charge is 2.53. The zero-order valence-electron chi connectivity index (χ0n) is 15.7. The van der Waals surface area contributed by atoms with Gasteiger partial charge in [-0.3, -0.25) is 9.79 Å². The van der Waals surface area contributed by atoms with Gasteiger partial charge >= 0.3 is 0 Å². The lowest BCUT2D eigenvalue weighted by molar-refractivity contribution is -0.130. The van der Waals surface area contributed by atoms with Crippen LogP contribution in [-0.4, -0.2) is 49.5 Å². The molecule has 0 aromatic carbocycles. The normalized spacial score (nSPS) is 22.8. The minimum absolute atomic E-state index is 0. The van der Waals surface area contributed by atoms with Crippen LogP contribution in [0.4, 0.5) is 0 Å². The number of likely N-dealkylation sites (tertiary alicyclic amines) is 1. The Morgan fingerprint density at radius 2 is 2.04 bits per heavy atom. The fourth-order valence-electron chi connectivity index (χ4n) is 3.88. The van der Waals surface area contributed by atoms with E-state index in [1.54, 1.807) is 0 Å². The maximum absolute atomic E-state index is 12.0. The van der Waals surface area contributed by atoms with Gasteiger partial charge in [0.25, 0.3) is 0 Å². The highest BCUT2D eigenvalue weighted by Crippen LogP contribution is 2.61. The number of halogens is 1. The lowest BCUT2D eigenvalue weighted by atomic mass is 10.0. The van der Waals surface area contributed by atoms with Crippen molar-refractivity contribution in [1.29, 1.82) is 0 Å². The monoisotopic (exact) mass is 462 g/mol. The first-order valence-electron chi connectivity index (χ1n) is 10.0. The van der Waals surface area contributed by atoms with Crippen molar-refractivity contribution in [3.05, 3.63) is 0 Å². The summed E-state index contributed by atoms with van der Waals surface area (Å²) >= 11 is 0. The number of amides is 1. The van der Waals surface area contributed by atoms with Crippen LogP contribution < -0.4 is 10.6 Å². The van der Waals surface area contributed by atoms with Gasteiger partial charge in [0.15, 0.2) is 5.96 Å². The minimum Gasteiger partial charge on any atom is -0.357 e. The van der Waals surface area contributed by atoms with E-state index in [2.05, 4.69) is 17.6 Å². The van der Waals surface area contributed by atoms with Gasteiger partial charge in [-0.05, 0) is 63.2 Å². The predicted octanol–water partition coefficient (Wildman–Crippen LogP) is 3.14. The van der Waals surface area contributed by atoms with Crippen molar-refractivity contribution in [2.45, 2.75) is 64.7 Å². The number of carbonyl (C=O) groups is 1. The van der Waals surface area contributed by atoms with E-state index in [4.69, 9.17) is 4.99 Å². The molecule has 144 valence electrons. The highest BCUT2D eigenvalue weighted by molar-refractivity contribution is 14.0. The Hall–Kier alpha value is -0.530. The zero-order valence-corrected chi connectivity index (χ0v) is 18.0. The number of hydrogen-bond acceptors (Lipinski definition) is 2. The molecular weight excluding hydrogens is 427 g/mol. The summed E-state index contributed by atoms with van der Waals surface area (Å²) in [7, 11) is 0. The number of nitrogens with one attached hydrogen (secondary N) is 2. The fraction of sp³-hybridized carbons (Fsp3) is 0.895. The third-order valence-corrected chi connectivity index (χ3v) is 5.80. The molecule has 3 fully saturated rings. The van der Waals surface area contributed by atoms with Gasteiger partial charge in [-0.15, -0.1) is 24.0 Å². The van der Waals surface area contributed by atoms with Crippen LogP contribution in [0.5, 0.6) is 0 Å². The summed E-state index contributed by atoms with van der Waals surface area (Å²) in [6.07, 6.45) is 10.7. The Balaban J connectivity index is 0.00000225. The lowest BCUT2D eigenvalue weighted by Gasteiger charge is -2.21. The molecule has 1 heterocycles. The van der Waals surface area contributed by atoms with Gasteiger partial charge in [-0.2, -0.15) is 0 Å². The van der Waals surface area contributed by atoms with Crippen molar-refractivity contribution in [2.24, 2.45) is 16.3 Å². The van der Waals surface area contributed by atoms with E-state index in [1.807, 2.05) is 4.90 Å². The first-order valence-corrected chi connectivity index (χ1v) is 10.0. The van der Waals surface area contributed by atoms with Crippen molar-refractivity contribution < 1.29 is 4.79 Å². The van der Waals surface area contributed by atoms with E-state index in [0.717, 1.165) is 70.3 Å². The average Bonchev–Trinajstić information content (AvgIpc) is 3.45. The van der Waals surface area contributed by atoms with E-state index >= 15 is 0 Å². The van der Waals surface area contributed by atoms with Gasteiger partial charge < -0.3 is 15.5 Å². The molecule has 2 saturated carbocycles. The number of rotatable bonds is 8. The number of nitrogens with zero attached hydrogens (tertiary/aromatic N) is 2. The molecule has 1 aliphatic heterocycles. The average molecular weight is 462 g/mol. The molecule has 0 radical (unpaired) electrons. The molecule has 1 amide bonds. The van der Waals surface area contributed by atoms with Crippen LogP contribution in [0, 0.1) is 11.3 Å². The number of guanidine groups is 1. The maximum Gasteiger partial charge on any atom is 0.222 e. The van der Waals surface area contributed by atoms with Crippen LogP contribution in [0.2, 0.25) is 0 Å². The Labute approximate surface area is 169 Å². The molecule has 6 heteroatoms. The molecule has 2 N–H and O–H groups in total. The van der Waals surface area contributed by atoms with Crippen molar-refractivity contribution in [3.8, 4) is 0 Å². The molecule has 2 aliphatic carbocycles. The van der Waals surface area contributed by atoms with E-state index in [9.17, 15) is 4.79 Å². The molecule has 0 unspecified atom stereocenters. The molecule has 25 heavy (non-hydrogen) atoms. The van der Waals surface area contributed by atoms with Crippen molar-refractivity contribution in [1.82, 2.24) is 15.5 Å². The SMILES string of the molecule is CCNC(=NCC1(C2CC2)CC1)NCCCN1CCCCCC1=O.I. The highest BCUT2D eigenvalue weighted by atomic mass is 127. The largest absolute Gasteiger partial charge is 0.357 e. The second-order valence-corrected chi connectivity index (χ2v) is 7.80. The molecule has 0 aromatic heterocycles. The van der Waals surface area contributed by atoms with Crippen LogP contribution in [0.25, 0.3) is 0 Å². The molecule has 3 rings (SSSR count). The third-order valence-electron chi connectivity index (χ3n) is 5.80. The second-order valence-electron chi connectivity index (χ2n) is 7.80. The summed E-state index contributed by atoms with van der Waals surface area (Å²) in [6, 6.07) is 0. The first kappa shape index (κ1) is 20.8. The molecule has 0 spiro atoms. The molecule has 0 aromatic rings. The Bertz CT molecular complexity index is 460. The third kappa shape index (κ3) is 6.29. The van der Waals surface area contributed by atoms with Gasteiger partial charge in [-0.25, -0.2) is 0 Å². The Morgan fingerprint density at radius 1 is 1.24 bits per heavy atom. The molecule has 1 saturated heterocycles. The second kappa shape index (κ2) is 9.97. The van der Waals surface area contributed by atoms with Gasteiger partial charge in [0.1, 0.15) is 0 Å². The first-order chi connectivity index (χ1) is 11.7. The Kier molecular flexibility index (Phi) is 8.29. The topological polar surface area (TPSA) is 56.7 Å². The summed E-state index contributed by atoms with van der Waals surface area (Å²) in [5.41, 5.74) is 0.556. The number of hydrogen-bond donors (Lipinski definition) is 2. The summed E-state index contributed by atoms with van der Waals surface area (Å²) in [6.45, 7) is 6.69. The summed E-state index contributed by atoms with van der Waals surface area (Å²) in [5.74, 6) is 2.25. The molecule has 0 bridgehead atoms. The van der Waals surface area contributed by atoms with Crippen molar-refractivity contribution in [2.75, 3.05) is 32.7 Å². The molecule has 0 atom stereocenters. The van der Waals surface area contributed by atoms with E-state index in [1.165, 1.54) is 32.1 Å². The summed E-state index contributed by atoms with van der Waals surface area (Å²) in [5, 5.41) is 6.81. The van der Waals surface area contributed by atoms with Crippen LogP contribution in [-0.2, 0) is 4.79 Å². The van der Waals surface area contributed by atoms with E-state index in [-0.39, 0.29) is 24.0 Å². The quantitative estimate of drug-likeness (QED) is 0.252. The predicted molar refractivity (Wildman–Crippen MR) is 113 cm³/mol. The fourth-order valence-corrected chi connectivity index (χ4v) is 3.88. The van der Waals surface area contributed by atoms with Crippen LogP contribution >= 0.6 is 24.0 Å². The van der Waals surface area contributed by atoms with E-state index in [0.29, 0.717) is 11.3 Å². The van der Waals surface area contributed by atoms with Crippen LogP contribution in [0.15, 0.2) is 4.99 Å². The standard InChI is InChI=1S/C19H34N4O.HI/c1-2-20-18(22-15-19(10-11-19)16-8-9-16)21-12-6-14-23-13-5-3-4-7-17(23)24;/h16H,2-15H2,1H3,(H2,20,21,22);1H. The van der Waals surface area contributed by atoms with Crippen LogP contribution in [0.1, 0.15) is 64.7 Å². The van der Waals surface area contributed by atoms with Crippen molar-refractivity contribution in [3.63, 3.8) is 0 Å². The van der Waals surface area contributed by atoms with Gasteiger partial charge in [0, 0.05) is 39.1 Å². The number of carbonyl (C=O) groups excluding carboxylic acids is 1. The van der Waals surface area contributed by atoms with Gasteiger partial charge in [0.05, 0.1) is 0 Å². The lowest BCUT2D eigenvalue weighted by Crippen LogP contribution is -2.40. The van der Waals surface area contributed by atoms with Gasteiger partial charge in [-0.1, -0.05) is 6.42 Å². The maximum atomic E-state index is 12.0. The summed E-state index contributed by atoms with van der Waals surface area (Å²) < 4.78 is 0. The Morgan fingerprint density at radius 3 is 2.72 bits per heavy atom.